The van der Waals surface area contributed by atoms with Crippen LogP contribution in [0.2, 0.25) is 0 Å². The topological polar surface area (TPSA) is 72.5 Å². The number of aliphatic carboxylic acids is 1. The third-order valence-electron chi connectivity index (χ3n) is 6.20. The molecule has 33 heavy (non-hydrogen) atoms. The van der Waals surface area contributed by atoms with E-state index in [0.717, 1.165) is 38.3 Å². The van der Waals surface area contributed by atoms with E-state index in [4.69, 9.17) is 10.5 Å². The minimum atomic E-state index is -1.20. The van der Waals surface area contributed by atoms with Crippen LogP contribution in [0.5, 0.6) is 0 Å². The number of carboxylic acids is 1. The largest absolute Gasteiger partial charge is 0.480 e. The number of halogens is 1. The number of hydrogen-bond donors (Lipinski definition) is 2. The minimum Gasteiger partial charge on any atom is -0.480 e. The normalized spacial score (nSPS) is 15.5. The van der Waals surface area contributed by atoms with E-state index in [1.54, 1.807) is 19.1 Å². The molecule has 0 fully saturated rings. The number of ether oxygens (including phenoxy) is 1. The Kier molecular flexibility index (Phi) is 5.37. The first-order valence-corrected chi connectivity index (χ1v) is 11.5. The molecule has 1 heterocycles. The maximum atomic E-state index is 13.6. The Labute approximate surface area is 195 Å². The highest BCUT2D eigenvalue weighted by molar-refractivity contribution is 7.10. The molecule has 166 valence electrons. The van der Waals surface area contributed by atoms with Crippen LogP contribution in [-0.2, 0) is 15.1 Å². The van der Waals surface area contributed by atoms with E-state index >= 15 is 0 Å². The van der Waals surface area contributed by atoms with Gasteiger partial charge in [-0.15, -0.1) is 11.3 Å². The van der Waals surface area contributed by atoms with Crippen molar-refractivity contribution in [2.45, 2.75) is 24.7 Å². The molecule has 0 radical (unpaired) electrons. The number of carboxylic acid groups (broad SMARTS) is 1. The summed E-state index contributed by atoms with van der Waals surface area (Å²) in [6.45, 7) is 1.69. The lowest BCUT2D eigenvalue weighted by Crippen LogP contribution is -2.46. The smallest absolute Gasteiger partial charge is 0.323 e. The summed E-state index contributed by atoms with van der Waals surface area (Å²) < 4.78 is 20.4. The monoisotopic (exact) mass is 459 g/mol. The maximum Gasteiger partial charge on any atom is 0.323 e. The molecule has 5 rings (SSSR count). The van der Waals surface area contributed by atoms with Crippen LogP contribution < -0.4 is 5.73 Å². The van der Waals surface area contributed by atoms with Crippen LogP contribution >= 0.6 is 11.3 Å². The summed E-state index contributed by atoms with van der Waals surface area (Å²) >= 11 is 1.53. The number of hydrogen-bond acceptors (Lipinski definition) is 4. The minimum absolute atomic E-state index is 0.306. The van der Waals surface area contributed by atoms with Crippen molar-refractivity contribution < 1.29 is 19.0 Å². The molecule has 3 N–H and O–H groups in total. The number of fused-ring (bicyclic) bond motifs is 3. The van der Waals surface area contributed by atoms with Crippen LogP contribution in [0.25, 0.3) is 22.3 Å². The fourth-order valence-corrected chi connectivity index (χ4v) is 5.70. The molecule has 1 aliphatic carbocycles. The van der Waals surface area contributed by atoms with Crippen molar-refractivity contribution in [2.24, 2.45) is 5.73 Å². The Hall–Kier alpha value is -3.32. The van der Waals surface area contributed by atoms with E-state index in [2.05, 4.69) is 0 Å². The van der Waals surface area contributed by atoms with E-state index in [1.807, 2.05) is 60.0 Å². The first-order valence-electron chi connectivity index (χ1n) is 10.6. The summed E-state index contributed by atoms with van der Waals surface area (Å²) in [6.07, 6.45) is -0.787. The fraction of sp³-hybridized carbons (Fsp3) is 0.148. The fourth-order valence-electron chi connectivity index (χ4n) is 4.61. The summed E-state index contributed by atoms with van der Waals surface area (Å²) in [5, 5.41) is 11.5. The van der Waals surface area contributed by atoms with Crippen LogP contribution in [0, 0.1) is 5.82 Å². The Balaban J connectivity index is 1.80. The third kappa shape index (κ3) is 3.38. The second kappa shape index (κ2) is 8.23. The lowest BCUT2D eigenvalue weighted by Gasteiger charge is -2.36. The molecule has 3 aromatic carbocycles. The highest BCUT2D eigenvalue weighted by Gasteiger charge is 2.49. The second-order valence-corrected chi connectivity index (χ2v) is 9.05. The second-order valence-electron chi connectivity index (χ2n) is 8.13. The molecule has 6 heteroatoms. The van der Waals surface area contributed by atoms with Crippen molar-refractivity contribution in [3.63, 3.8) is 0 Å². The zero-order valence-corrected chi connectivity index (χ0v) is 18.7. The number of nitrogens with two attached hydrogens (primary N) is 1. The van der Waals surface area contributed by atoms with Gasteiger partial charge in [0, 0.05) is 11.1 Å². The van der Waals surface area contributed by atoms with Crippen molar-refractivity contribution in [3.8, 4) is 22.3 Å². The number of thiophene rings is 1. The molecule has 1 aliphatic rings. The average Bonchev–Trinajstić information content (AvgIpc) is 3.42. The Morgan fingerprint density at radius 3 is 2.09 bits per heavy atom. The first kappa shape index (κ1) is 21.5. The third-order valence-corrected chi connectivity index (χ3v) is 7.21. The zero-order valence-electron chi connectivity index (χ0n) is 17.9. The molecule has 0 saturated carbocycles. The Morgan fingerprint density at radius 1 is 0.939 bits per heavy atom. The summed E-state index contributed by atoms with van der Waals surface area (Å²) in [4.78, 5) is 12.6. The van der Waals surface area contributed by atoms with E-state index in [-0.39, 0.29) is 5.82 Å². The molecule has 0 saturated heterocycles. The molecule has 0 amide bonds. The lowest BCUT2D eigenvalue weighted by atomic mass is 9.85. The van der Waals surface area contributed by atoms with Gasteiger partial charge in [0.1, 0.15) is 11.9 Å². The SMILES string of the molecule is C[C@@H](OC1(c2sccc2-c2ccc(F)cc2)c2ccccc2-c2ccccc21)[C@H](N)C(=O)O. The quantitative estimate of drug-likeness (QED) is 0.391. The molecule has 0 spiro atoms. The molecule has 0 aliphatic heterocycles. The zero-order chi connectivity index (χ0) is 23.2. The molecule has 0 bridgehead atoms. The highest BCUT2D eigenvalue weighted by atomic mass is 32.1. The average molecular weight is 460 g/mol. The summed E-state index contributed by atoms with van der Waals surface area (Å²) in [5.74, 6) is -1.43. The molecule has 2 atom stereocenters. The summed E-state index contributed by atoms with van der Waals surface area (Å²) in [5.41, 5.74) is 10.6. The van der Waals surface area contributed by atoms with Crippen LogP contribution in [-0.4, -0.2) is 23.2 Å². The first-order chi connectivity index (χ1) is 15.9. The predicted octanol–water partition coefficient (Wildman–Crippen LogP) is 5.64. The number of benzene rings is 3. The van der Waals surface area contributed by atoms with Gasteiger partial charge in [-0.3, -0.25) is 4.79 Å². The molecular weight excluding hydrogens is 437 g/mol. The summed E-state index contributed by atoms with van der Waals surface area (Å²) in [6, 6.07) is 23.1. The predicted molar refractivity (Wildman–Crippen MR) is 128 cm³/mol. The van der Waals surface area contributed by atoms with E-state index in [0.29, 0.717) is 0 Å². The summed E-state index contributed by atoms with van der Waals surface area (Å²) in [7, 11) is 0. The highest BCUT2D eigenvalue weighted by Crippen LogP contribution is 2.56. The van der Waals surface area contributed by atoms with Crippen LogP contribution in [0.15, 0.2) is 84.2 Å². The molecular formula is C27H22FNO3S. The van der Waals surface area contributed by atoms with Gasteiger partial charge < -0.3 is 15.6 Å². The molecule has 0 unspecified atom stereocenters. The molecule has 4 aromatic rings. The van der Waals surface area contributed by atoms with Crippen molar-refractivity contribution >= 4 is 17.3 Å². The molecule has 4 nitrogen and oxygen atoms in total. The van der Waals surface area contributed by atoms with E-state index in [9.17, 15) is 14.3 Å². The van der Waals surface area contributed by atoms with Gasteiger partial charge in [-0.1, -0.05) is 60.7 Å². The number of carbonyl (C=O) groups is 1. The Morgan fingerprint density at radius 2 is 1.52 bits per heavy atom. The van der Waals surface area contributed by atoms with Gasteiger partial charge in [0.25, 0.3) is 0 Å². The van der Waals surface area contributed by atoms with Gasteiger partial charge >= 0.3 is 5.97 Å². The van der Waals surface area contributed by atoms with E-state index in [1.165, 1.54) is 23.5 Å². The Bertz CT molecular complexity index is 1290. The van der Waals surface area contributed by atoms with Gasteiger partial charge in [0.15, 0.2) is 5.60 Å². The van der Waals surface area contributed by atoms with Gasteiger partial charge in [0.2, 0.25) is 0 Å². The van der Waals surface area contributed by atoms with Crippen LogP contribution in [0.1, 0.15) is 22.9 Å². The standard InChI is InChI=1S/C27H22FNO3S/c1-16(24(29)26(30)31)32-27(25-19(14-15-33-25)17-10-12-18(28)13-11-17)22-8-4-2-6-20(22)21-7-3-5-9-23(21)27/h2-16,24H,29H2,1H3,(H,30,31)/t16-,24+/m1/s1. The molecule has 1 aromatic heterocycles. The van der Waals surface area contributed by atoms with Crippen LogP contribution in [0.4, 0.5) is 4.39 Å². The van der Waals surface area contributed by atoms with Crippen molar-refractivity contribution in [2.75, 3.05) is 0 Å². The van der Waals surface area contributed by atoms with E-state index < -0.39 is 23.7 Å². The maximum absolute atomic E-state index is 13.6. The van der Waals surface area contributed by atoms with Crippen molar-refractivity contribution in [3.05, 3.63) is 106 Å². The van der Waals surface area contributed by atoms with Gasteiger partial charge in [0.05, 0.1) is 11.0 Å². The van der Waals surface area contributed by atoms with Crippen LogP contribution in [0.3, 0.4) is 0 Å². The van der Waals surface area contributed by atoms with Crippen molar-refractivity contribution in [1.29, 1.82) is 0 Å². The number of rotatable bonds is 6. The van der Waals surface area contributed by atoms with Gasteiger partial charge in [-0.25, -0.2) is 4.39 Å². The van der Waals surface area contributed by atoms with Gasteiger partial charge in [-0.05, 0) is 52.8 Å². The lowest BCUT2D eigenvalue weighted by molar-refractivity contribution is -0.144. The van der Waals surface area contributed by atoms with Gasteiger partial charge in [-0.2, -0.15) is 0 Å². The van der Waals surface area contributed by atoms with Crippen molar-refractivity contribution in [1.82, 2.24) is 0 Å².